The Labute approximate surface area is 283 Å². The minimum absolute atomic E-state index is 0.0670. The van der Waals surface area contributed by atoms with Crippen LogP contribution in [0.5, 0.6) is 0 Å². The van der Waals surface area contributed by atoms with Gasteiger partial charge in [-0.25, -0.2) is 9.59 Å². The van der Waals surface area contributed by atoms with Crippen molar-refractivity contribution in [1.29, 1.82) is 0 Å². The van der Waals surface area contributed by atoms with Crippen molar-refractivity contribution in [3.8, 4) is 22.3 Å². The number of nitrogens with one attached hydrogen (secondary N) is 2. The Morgan fingerprint density at radius 1 is 0.510 bits per heavy atom. The van der Waals surface area contributed by atoms with Gasteiger partial charge in [-0.15, -0.1) is 0 Å². The molecule has 0 spiro atoms. The highest BCUT2D eigenvalue weighted by Crippen LogP contribution is 2.26. The number of carboxylic acids is 2. The molecule has 0 unspecified atom stereocenters. The topological polar surface area (TPSA) is 125 Å². The zero-order valence-corrected chi connectivity index (χ0v) is 26.3. The van der Waals surface area contributed by atoms with Crippen LogP contribution in [0.15, 0.2) is 146 Å². The highest BCUT2D eigenvalue weighted by Gasteiger charge is 2.18. The van der Waals surface area contributed by atoms with Crippen molar-refractivity contribution in [1.82, 2.24) is 0 Å². The van der Waals surface area contributed by atoms with Crippen LogP contribution in [-0.4, -0.2) is 28.1 Å². The van der Waals surface area contributed by atoms with Crippen LogP contribution in [0.1, 0.15) is 47.8 Å². The molecule has 0 radical (unpaired) electrons. The third-order valence-corrected chi connectivity index (χ3v) is 8.02. The van der Waals surface area contributed by atoms with Gasteiger partial charge in [0.1, 0.15) is 0 Å². The van der Waals surface area contributed by atoms with Gasteiger partial charge in [-0.3, -0.25) is 15.1 Å². The Kier molecular flexibility index (Phi) is 9.88. The van der Waals surface area contributed by atoms with Gasteiger partial charge in [0.2, 0.25) is 0 Å². The number of anilines is 2. The summed E-state index contributed by atoms with van der Waals surface area (Å²) in [5.41, 5.74) is 10.2. The number of amides is 1. The molecule has 0 aromatic heterocycles. The minimum Gasteiger partial charge on any atom is -0.478 e. The van der Waals surface area contributed by atoms with E-state index in [0.717, 1.165) is 38.9 Å². The summed E-state index contributed by atoms with van der Waals surface area (Å²) in [5.74, 6) is -2.72. The molecule has 4 N–H and O–H groups in total. The average molecular weight is 649 g/mol. The molecule has 6 aromatic carbocycles. The van der Waals surface area contributed by atoms with Gasteiger partial charge >= 0.3 is 11.9 Å². The van der Waals surface area contributed by atoms with Crippen molar-refractivity contribution < 1.29 is 29.4 Å². The van der Waals surface area contributed by atoms with Crippen molar-refractivity contribution in [2.75, 3.05) is 10.8 Å². The molecule has 0 bridgehead atoms. The molecule has 0 aliphatic carbocycles. The van der Waals surface area contributed by atoms with Crippen LogP contribution in [-0.2, 0) is 17.9 Å². The maximum atomic E-state index is 13.0. The van der Waals surface area contributed by atoms with Gasteiger partial charge in [0.05, 0.1) is 29.0 Å². The monoisotopic (exact) mass is 648 g/mol. The van der Waals surface area contributed by atoms with E-state index in [1.165, 1.54) is 12.1 Å². The quantitative estimate of drug-likeness (QED) is 0.0978. The van der Waals surface area contributed by atoms with Gasteiger partial charge < -0.3 is 15.5 Å². The molecule has 0 saturated carbocycles. The molecule has 0 saturated heterocycles. The Balaban J connectivity index is 1.03. The van der Waals surface area contributed by atoms with E-state index >= 15 is 0 Å². The van der Waals surface area contributed by atoms with Crippen LogP contribution in [0.2, 0.25) is 0 Å². The molecule has 0 aliphatic rings. The van der Waals surface area contributed by atoms with Crippen molar-refractivity contribution in [2.45, 2.75) is 13.0 Å². The second-order valence-electron chi connectivity index (χ2n) is 11.4. The van der Waals surface area contributed by atoms with E-state index in [1.807, 2.05) is 103 Å². The van der Waals surface area contributed by atoms with E-state index in [-0.39, 0.29) is 23.3 Å². The summed E-state index contributed by atoms with van der Waals surface area (Å²) >= 11 is 0. The molecule has 0 fully saturated rings. The zero-order valence-electron chi connectivity index (χ0n) is 26.3. The maximum absolute atomic E-state index is 13.0. The summed E-state index contributed by atoms with van der Waals surface area (Å²) in [7, 11) is 0. The van der Waals surface area contributed by atoms with Crippen molar-refractivity contribution >= 4 is 29.2 Å². The highest BCUT2D eigenvalue weighted by atomic mass is 16.6. The van der Waals surface area contributed by atoms with Crippen molar-refractivity contribution in [2.24, 2.45) is 0 Å². The number of hydrogen-bond acceptors (Lipinski definition) is 5. The Bertz CT molecular complexity index is 2100. The normalized spacial score (nSPS) is 10.7. The first kappa shape index (κ1) is 32.4. The lowest BCUT2D eigenvalue weighted by Gasteiger charge is -2.12. The van der Waals surface area contributed by atoms with Gasteiger partial charge in [-0.05, 0) is 81.8 Å². The molecule has 8 nitrogen and oxygen atoms in total. The Morgan fingerprint density at radius 3 is 1.59 bits per heavy atom. The number of carbonyl (C=O) groups is 3. The third kappa shape index (κ3) is 8.08. The van der Waals surface area contributed by atoms with Crippen molar-refractivity contribution in [3.05, 3.63) is 179 Å². The summed E-state index contributed by atoms with van der Waals surface area (Å²) < 4.78 is 0. The molecule has 1 amide bonds. The number of aromatic carboxylic acids is 2. The molecular weight excluding hydrogens is 616 g/mol. The summed E-state index contributed by atoms with van der Waals surface area (Å²) in [6, 6.07) is 44.2. The number of benzene rings is 6. The SMILES string of the molecule is O=C(O)c1cc(-c2ccccc2)ccc1NOCc1ccc(Cc2ccc(NC(=O)c3ccc(-c4ccccc4)cc3C(=O)O)cc2)cc1. The second kappa shape index (κ2) is 14.9. The molecule has 49 heavy (non-hydrogen) atoms. The fourth-order valence-electron chi connectivity index (χ4n) is 5.44. The maximum Gasteiger partial charge on any atom is 0.337 e. The van der Waals surface area contributed by atoms with E-state index in [9.17, 15) is 24.6 Å². The molecule has 8 heteroatoms. The predicted octanol–water partition coefficient (Wildman–Crippen LogP) is 8.80. The number of rotatable bonds is 12. The Morgan fingerprint density at radius 2 is 1.02 bits per heavy atom. The lowest BCUT2D eigenvalue weighted by molar-refractivity contribution is 0.0684. The first-order valence-corrected chi connectivity index (χ1v) is 15.6. The molecule has 0 atom stereocenters. The molecule has 242 valence electrons. The first-order chi connectivity index (χ1) is 23.8. The van der Waals surface area contributed by atoms with Crippen LogP contribution >= 0.6 is 0 Å². The second-order valence-corrected chi connectivity index (χ2v) is 11.4. The molecule has 6 aromatic rings. The third-order valence-electron chi connectivity index (χ3n) is 8.02. The van der Waals surface area contributed by atoms with Crippen LogP contribution in [0.3, 0.4) is 0 Å². The van der Waals surface area contributed by atoms with Gasteiger partial charge in [-0.1, -0.05) is 109 Å². The summed E-state index contributed by atoms with van der Waals surface area (Å²) in [6.07, 6.45) is 0.660. The molecule has 0 aliphatic heterocycles. The smallest absolute Gasteiger partial charge is 0.337 e. The molecular formula is C41H32N2O6. The first-order valence-electron chi connectivity index (χ1n) is 15.6. The van der Waals surface area contributed by atoms with Crippen LogP contribution in [0, 0.1) is 0 Å². The van der Waals surface area contributed by atoms with Crippen LogP contribution < -0.4 is 10.8 Å². The van der Waals surface area contributed by atoms with E-state index < -0.39 is 17.8 Å². The van der Waals surface area contributed by atoms with Gasteiger partial charge in [0.15, 0.2) is 0 Å². The fraction of sp³-hybridized carbons (Fsp3) is 0.0488. The summed E-state index contributed by atoms with van der Waals surface area (Å²) in [5, 5.41) is 22.3. The van der Waals surface area contributed by atoms with Gasteiger partial charge in [0.25, 0.3) is 5.91 Å². The zero-order chi connectivity index (χ0) is 34.2. The lowest BCUT2D eigenvalue weighted by atomic mass is 9.98. The standard InChI is InChI=1S/C41H32N2O6/c44-39(35-21-17-32(24-36(35)40(45)46)30-7-3-1-4-8-30)42-34-19-15-28(16-20-34)23-27-11-13-29(14-12-27)26-49-43-38-22-18-33(25-37(38)41(47)48)31-9-5-2-6-10-31/h1-22,24-25,43H,23,26H2,(H,42,44)(H,45,46)(H,47,48). The highest BCUT2D eigenvalue weighted by molar-refractivity contribution is 6.11. The Hall–Kier alpha value is -6.51. The molecule has 0 heterocycles. The van der Waals surface area contributed by atoms with E-state index in [2.05, 4.69) is 10.8 Å². The molecule has 6 rings (SSSR count). The largest absolute Gasteiger partial charge is 0.478 e. The van der Waals surface area contributed by atoms with Crippen LogP contribution in [0.4, 0.5) is 11.4 Å². The van der Waals surface area contributed by atoms with Crippen LogP contribution in [0.25, 0.3) is 22.3 Å². The minimum atomic E-state index is -1.17. The average Bonchev–Trinajstić information content (AvgIpc) is 3.13. The number of hydrogen-bond donors (Lipinski definition) is 4. The number of carboxylic acid groups (broad SMARTS) is 2. The predicted molar refractivity (Wildman–Crippen MR) is 190 cm³/mol. The van der Waals surface area contributed by atoms with E-state index in [1.54, 1.807) is 30.3 Å². The van der Waals surface area contributed by atoms with E-state index in [0.29, 0.717) is 17.8 Å². The summed E-state index contributed by atoms with van der Waals surface area (Å²) in [4.78, 5) is 42.6. The fourth-order valence-corrected chi connectivity index (χ4v) is 5.44. The van der Waals surface area contributed by atoms with Crippen molar-refractivity contribution in [3.63, 3.8) is 0 Å². The lowest BCUT2D eigenvalue weighted by Crippen LogP contribution is -2.16. The number of carbonyl (C=O) groups excluding carboxylic acids is 1. The van der Waals surface area contributed by atoms with Gasteiger partial charge in [-0.2, -0.15) is 0 Å². The summed E-state index contributed by atoms with van der Waals surface area (Å²) in [6.45, 7) is 0.229. The van der Waals surface area contributed by atoms with E-state index in [4.69, 9.17) is 4.84 Å². The van der Waals surface area contributed by atoms with Gasteiger partial charge in [0, 0.05) is 5.69 Å².